The van der Waals surface area contributed by atoms with E-state index in [4.69, 9.17) is 9.47 Å². The Morgan fingerprint density at radius 2 is 2.06 bits per heavy atom. The molecule has 96 valence electrons. The van der Waals surface area contributed by atoms with Crippen LogP contribution in [0.2, 0.25) is 6.04 Å². The van der Waals surface area contributed by atoms with Gasteiger partial charge in [-0.25, -0.2) is 4.98 Å². The minimum Gasteiger partial charge on any atom is -0.360 e. The highest BCUT2D eigenvalue weighted by molar-refractivity contribution is 7.18. The van der Waals surface area contributed by atoms with Crippen LogP contribution < -0.4 is 0 Å². The molecular formula is C13H17NO2SSi. The Bertz CT molecular complexity index is 452. The summed E-state index contributed by atoms with van der Waals surface area (Å²) in [5, 5.41) is 1.23. The first-order valence-electron chi connectivity index (χ1n) is 5.97. The fraction of sp³-hybridized carbons (Fsp3) is 0.462. The van der Waals surface area contributed by atoms with Crippen LogP contribution in [-0.4, -0.2) is 34.6 Å². The predicted molar refractivity (Wildman–Crippen MR) is 76.3 cm³/mol. The Morgan fingerprint density at radius 1 is 1.28 bits per heavy atom. The summed E-state index contributed by atoms with van der Waals surface area (Å²) < 4.78 is 11.6. The van der Waals surface area contributed by atoms with E-state index in [0.29, 0.717) is 9.52 Å². The molecule has 18 heavy (non-hydrogen) atoms. The van der Waals surface area contributed by atoms with Gasteiger partial charge in [-0.05, 0) is 25.0 Å². The Hall–Kier alpha value is -0.753. The summed E-state index contributed by atoms with van der Waals surface area (Å²) in [5.74, 6) is -0.0413. The Kier molecular flexibility index (Phi) is 5.31. The van der Waals surface area contributed by atoms with Gasteiger partial charge in [-0.1, -0.05) is 18.2 Å². The molecule has 0 fully saturated rings. The highest BCUT2D eigenvalue weighted by Crippen LogP contribution is 2.22. The van der Waals surface area contributed by atoms with E-state index >= 15 is 0 Å². The number of rotatable bonds is 7. The number of hydrogen-bond donors (Lipinski definition) is 0. The van der Waals surface area contributed by atoms with E-state index in [9.17, 15) is 0 Å². The van der Waals surface area contributed by atoms with Crippen molar-refractivity contribution in [1.82, 2.24) is 4.98 Å². The molecule has 0 aliphatic heterocycles. The summed E-state index contributed by atoms with van der Waals surface area (Å²) in [6, 6.07) is 9.43. The maximum Gasteiger partial charge on any atom is 0.136 e. The van der Waals surface area contributed by atoms with Gasteiger partial charge in [0.2, 0.25) is 0 Å². The van der Waals surface area contributed by atoms with E-state index in [1.165, 1.54) is 9.71 Å². The first-order valence-corrected chi connectivity index (χ1v) is 8.07. The van der Waals surface area contributed by atoms with Crippen molar-refractivity contribution in [3.8, 4) is 0 Å². The molecule has 0 bridgehead atoms. The van der Waals surface area contributed by atoms with Gasteiger partial charge in [0, 0.05) is 14.2 Å². The SMILES string of the molecule is COC(OC)[Si]CCCc1nc2ccccc2s1. The summed E-state index contributed by atoms with van der Waals surface area (Å²) in [7, 11) is 4.07. The molecule has 2 rings (SSSR count). The van der Waals surface area contributed by atoms with Crippen molar-refractivity contribution in [3.63, 3.8) is 0 Å². The third kappa shape index (κ3) is 3.62. The Morgan fingerprint density at radius 3 is 2.78 bits per heavy atom. The van der Waals surface area contributed by atoms with E-state index in [0.717, 1.165) is 24.4 Å². The van der Waals surface area contributed by atoms with Crippen LogP contribution in [0.15, 0.2) is 24.3 Å². The lowest BCUT2D eigenvalue weighted by Gasteiger charge is -2.11. The second-order valence-corrected chi connectivity index (χ2v) is 6.43. The van der Waals surface area contributed by atoms with Gasteiger partial charge in [-0.15, -0.1) is 11.3 Å². The van der Waals surface area contributed by atoms with Crippen molar-refractivity contribution in [1.29, 1.82) is 0 Å². The second kappa shape index (κ2) is 6.99. The van der Waals surface area contributed by atoms with Crippen molar-refractivity contribution in [2.24, 2.45) is 0 Å². The summed E-state index contributed by atoms with van der Waals surface area (Å²) >= 11 is 1.80. The number of para-hydroxylation sites is 1. The van der Waals surface area contributed by atoms with Crippen molar-refractivity contribution in [2.45, 2.75) is 24.8 Å². The summed E-state index contributed by atoms with van der Waals surface area (Å²) in [6.07, 6.45) is 2.19. The normalized spacial score (nSPS) is 11.5. The highest BCUT2D eigenvalue weighted by atomic mass is 32.1. The third-order valence-corrected chi connectivity index (χ3v) is 5.19. The molecule has 0 aliphatic rings. The van der Waals surface area contributed by atoms with Crippen molar-refractivity contribution < 1.29 is 9.47 Å². The van der Waals surface area contributed by atoms with Gasteiger partial charge < -0.3 is 9.47 Å². The zero-order valence-electron chi connectivity index (χ0n) is 10.7. The van der Waals surface area contributed by atoms with Crippen LogP contribution >= 0.6 is 11.3 Å². The van der Waals surface area contributed by atoms with Gasteiger partial charge in [0.25, 0.3) is 0 Å². The van der Waals surface area contributed by atoms with Gasteiger partial charge in [0.05, 0.1) is 15.2 Å². The van der Waals surface area contributed by atoms with Crippen LogP contribution in [0, 0.1) is 0 Å². The summed E-state index contributed by atoms with van der Waals surface area (Å²) in [5.41, 5.74) is 1.12. The lowest BCUT2D eigenvalue weighted by atomic mass is 10.3. The largest absolute Gasteiger partial charge is 0.360 e. The van der Waals surface area contributed by atoms with Gasteiger partial charge in [-0.2, -0.15) is 0 Å². The summed E-state index contributed by atoms with van der Waals surface area (Å²) in [4.78, 5) is 4.63. The lowest BCUT2D eigenvalue weighted by Crippen LogP contribution is -2.21. The van der Waals surface area contributed by atoms with Crippen molar-refractivity contribution in [2.75, 3.05) is 14.2 Å². The molecule has 1 aromatic heterocycles. The number of benzene rings is 1. The molecular weight excluding hydrogens is 262 g/mol. The number of hydrogen-bond acceptors (Lipinski definition) is 4. The fourth-order valence-corrected chi connectivity index (χ4v) is 3.71. The minimum atomic E-state index is -0.0413. The first kappa shape index (κ1) is 13.7. The fourth-order valence-electron chi connectivity index (χ4n) is 1.75. The number of aryl methyl sites for hydroxylation is 1. The molecule has 1 heterocycles. The van der Waals surface area contributed by atoms with Gasteiger partial charge in [-0.3, -0.25) is 0 Å². The van der Waals surface area contributed by atoms with Crippen LogP contribution in [0.5, 0.6) is 0 Å². The number of aromatic nitrogens is 1. The molecule has 0 N–H and O–H groups in total. The van der Waals surface area contributed by atoms with E-state index in [-0.39, 0.29) is 5.91 Å². The highest BCUT2D eigenvalue weighted by Gasteiger charge is 2.07. The standard InChI is InChI=1S/C13H17NO2SSi/c1-15-13(16-2)18-9-5-8-12-14-10-6-3-4-7-11(10)17-12/h3-4,6-7,13H,5,8-9H2,1-2H3. The molecule has 1 aromatic carbocycles. The number of nitrogens with zero attached hydrogens (tertiary/aromatic N) is 1. The molecule has 0 spiro atoms. The first-order chi connectivity index (χ1) is 8.83. The van der Waals surface area contributed by atoms with E-state index in [2.05, 4.69) is 23.2 Å². The van der Waals surface area contributed by atoms with Crippen LogP contribution in [0.1, 0.15) is 11.4 Å². The zero-order chi connectivity index (χ0) is 12.8. The number of ether oxygens (including phenoxy) is 2. The molecule has 0 atom stereocenters. The second-order valence-electron chi connectivity index (χ2n) is 3.94. The Balaban J connectivity index is 1.80. The monoisotopic (exact) mass is 279 g/mol. The van der Waals surface area contributed by atoms with Gasteiger partial charge in [0.1, 0.15) is 15.4 Å². The van der Waals surface area contributed by atoms with E-state index < -0.39 is 0 Å². The van der Waals surface area contributed by atoms with Crippen LogP contribution in [0.25, 0.3) is 10.2 Å². The van der Waals surface area contributed by atoms with Crippen LogP contribution in [0.3, 0.4) is 0 Å². The molecule has 0 amide bonds. The van der Waals surface area contributed by atoms with E-state index in [1.54, 1.807) is 25.6 Å². The number of thiazole rings is 1. The molecule has 0 unspecified atom stereocenters. The molecule has 0 saturated carbocycles. The molecule has 2 aromatic rings. The minimum absolute atomic E-state index is 0.0413. The molecule has 5 heteroatoms. The molecule has 0 aliphatic carbocycles. The van der Waals surface area contributed by atoms with Gasteiger partial charge >= 0.3 is 0 Å². The average Bonchev–Trinajstić information content (AvgIpc) is 2.81. The maximum atomic E-state index is 5.18. The van der Waals surface area contributed by atoms with Crippen LogP contribution in [0.4, 0.5) is 0 Å². The van der Waals surface area contributed by atoms with Crippen molar-refractivity contribution >= 4 is 31.1 Å². The maximum absolute atomic E-state index is 5.18. The predicted octanol–water partition coefficient (Wildman–Crippen LogP) is 2.93. The molecule has 3 nitrogen and oxygen atoms in total. The average molecular weight is 279 g/mol. The third-order valence-electron chi connectivity index (χ3n) is 2.64. The Labute approximate surface area is 114 Å². The zero-order valence-corrected chi connectivity index (χ0v) is 12.5. The van der Waals surface area contributed by atoms with E-state index in [1.807, 2.05) is 6.07 Å². The molecule has 2 radical (unpaired) electrons. The van der Waals surface area contributed by atoms with Crippen molar-refractivity contribution in [3.05, 3.63) is 29.3 Å². The number of methoxy groups -OCH3 is 2. The topological polar surface area (TPSA) is 31.4 Å². The van der Waals surface area contributed by atoms with Crippen LogP contribution in [-0.2, 0) is 15.9 Å². The quantitative estimate of drug-likeness (QED) is 0.443. The number of fused-ring (bicyclic) bond motifs is 1. The summed E-state index contributed by atoms with van der Waals surface area (Å²) in [6.45, 7) is 0. The molecule has 0 saturated heterocycles. The van der Waals surface area contributed by atoms with Gasteiger partial charge in [0.15, 0.2) is 0 Å². The lowest BCUT2D eigenvalue weighted by molar-refractivity contribution is -0.0441. The smallest absolute Gasteiger partial charge is 0.136 e.